The van der Waals surface area contributed by atoms with Crippen molar-refractivity contribution in [1.82, 2.24) is 10.6 Å². The zero-order valence-corrected chi connectivity index (χ0v) is 17.4. The summed E-state index contributed by atoms with van der Waals surface area (Å²) in [5.74, 6) is 0.387. The van der Waals surface area contributed by atoms with Crippen molar-refractivity contribution >= 4 is 35.8 Å². The van der Waals surface area contributed by atoms with Gasteiger partial charge in [-0.15, -0.1) is 24.0 Å². The average molecular weight is 466 g/mol. The predicted octanol–water partition coefficient (Wildman–Crippen LogP) is 3.09. The molecule has 0 radical (unpaired) electrons. The Kier molecular flexibility index (Phi) is 10.4. The summed E-state index contributed by atoms with van der Waals surface area (Å²) in [6, 6.07) is 17.7. The van der Waals surface area contributed by atoms with Crippen LogP contribution in [0.15, 0.2) is 59.6 Å². The van der Waals surface area contributed by atoms with Crippen LogP contribution in [0.4, 0.5) is 0 Å². The van der Waals surface area contributed by atoms with Crippen LogP contribution in [0, 0.1) is 0 Å². The lowest BCUT2D eigenvalue weighted by Crippen LogP contribution is -2.37. The van der Waals surface area contributed by atoms with Gasteiger partial charge in [-0.25, -0.2) is 4.99 Å². The van der Waals surface area contributed by atoms with E-state index in [9.17, 15) is 4.79 Å². The molecule has 2 aromatic rings. The number of rotatable bonds is 8. The van der Waals surface area contributed by atoms with Crippen LogP contribution in [0.25, 0.3) is 0 Å². The van der Waals surface area contributed by atoms with Crippen molar-refractivity contribution in [3.8, 4) is 0 Å². The van der Waals surface area contributed by atoms with E-state index in [0.29, 0.717) is 12.1 Å². The Balaban J connectivity index is 0.00000338. The zero-order valence-electron chi connectivity index (χ0n) is 15.1. The number of aliphatic imine (C=N–C) groups is 1. The summed E-state index contributed by atoms with van der Waals surface area (Å²) >= 11 is 0. The molecule has 2 rings (SSSR count). The van der Waals surface area contributed by atoms with Gasteiger partial charge < -0.3 is 16.4 Å². The van der Waals surface area contributed by atoms with Crippen LogP contribution in [-0.2, 0) is 13.0 Å². The second kappa shape index (κ2) is 12.3. The van der Waals surface area contributed by atoms with Crippen molar-refractivity contribution in [3.63, 3.8) is 0 Å². The highest BCUT2D eigenvalue weighted by Crippen LogP contribution is 2.05. The van der Waals surface area contributed by atoms with Gasteiger partial charge in [-0.1, -0.05) is 42.5 Å². The lowest BCUT2D eigenvalue weighted by Gasteiger charge is -2.11. The van der Waals surface area contributed by atoms with E-state index in [-0.39, 0.29) is 24.0 Å². The van der Waals surface area contributed by atoms with Crippen molar-refractivity contribution in [2.45, 2.75) is 26.3 Å². The number of nitrogens with one attached hydrogen (secondary N) is 2. The molecule has 0 heterocycles. The predicted molar refractivity (Wildman–Crippen MR) is 118 cm³/mol. The SMILES string of the molecule is CCNC(=NCc1ccc(C(N)=O)cc1)NCCCc1ccccc1.I. The first-order valence-electron chi connectivity index (χ1n) is 8.64. The highest BCUT2D eigenvalue weighted by atomic mass is 127. The van der Waals surface area contributed by atoms with Gasteiger partial charge in [-0.2, -0.15) is 0 Å². The van der Waals surface area contributed by atoms with Crippen molar-refractivity contribution < 1.29 is 4.79 Å². The van der Waals surface area contributed by atoms with Gasteiger partial charge in [0, 0.05) is 18.7 Å². The van der Waals surface area contributed by atoms with Gasteiger partial charge in [-0.05, 0) is 43.0 Å². The lowest BCUT2D eigenvalue weighted by atomic mass is 10.1. The smallest absolute Gasteiger partial charge is 0.248 e. The Morgan fingerprint density at radius 2 is 1.69 bits per heavy atom. The lowest BCUT2D eigenvalue weighted by molar-refractivity contribution is 0.100. The number of amides is 1. The van der Waals surface area contributed by atoms with Crippen LogP contribution < -0.4 is 16.4 Å². The molecule has 0 atom stereocenters. The minimum absolute atomic E-state index is 0. The molecule has 4 N–H and O–H groups in total. The highest BCUT2D eigenvalue weighted by Gasteiger charge is 2.01. The molecule has 6 heteroatoms. The number of aryl methyl sites for hydroxylation is 1. The normalized spacial score (nSPS) is 10.7. The molecule has 0 aliphatic carbocycles. The van der Waals surface area contributed by atoms with E-state index in [1.54, 1.807) is 12.1 Å². The third-order valence-electron chi connectivity index (χ3n) is 3.78. The summed E-state index contributed by atoms with van der Waals surface area (Å²) in [4.78, 5) is 15.7. The molecular weight excluding hydrogens is 439 g/mol. The first-order valence-corrected chi connectivity index (χ1v) is 8.64. The summed E-state index contributed by atoms with van der Waals surface area (Å²) in [7, 11) is 0. The number of guanidine groups is 1. The maximum absolute atomic E-state index is 11.1. The van der Waals surface area contributed by atoms with Gasteiger partial charge in [0.05, 0.1) is 6.54 Å². The van der Waals surface area contributed by atoms with E-state index >= 15 is 0 Å². The number of carbonyl (C=O) groups is 1. The molecule has 0 aromatic heterocycles. The summed E-state index contributed by atoms with van der Waals surface area (Å²) in [5, 5.41) is 6.60. The second-order valence-corrected chi connectivity index (χ2v) is 5.77. The number of primary amides is 1. The molecule has 0 saturated carbocycles. The molecular formula is C20H27IN4O. The molecule has 0 saturated heterocycles. The third-order valence-corrected chi connectivity index (χ3v) is 3.78. The van der Waals surface area contributed by atoms with Gasteiger partial charge in [-0.3, -0.25) is 4.79 Å². The average Bonchev–Trinajstić information content (AvgIpc) is 2.64. The van der Waals surface area contributed by atoms with E-state index in [0.717, 1.165) is 37.5 Å². The molecule has 140 valence electrons. The monoisotopic (exact) mass is 466 g/mol. The minimum atomic E-state index is -0.413. The van der Waals surface area contributed by atoms with E-state index in [1.807, 2.05) is 25.1 Å². The molecule has 0 spiro atoms. The topological polar surface area (TPSA) is 79.5 Å². The Morgan fingerprint density at radius 3 is 2.31 bits per heavy atom. The number of carbonyl (C=O) groups excluding carboxylic acids is 1. The van der Waals surface area contributed by atoms with E-state index in [1.165, 1.54) is 5.56 Å². The zero-order chi connectivity index (χ0) is 17.9. The molecule has 0 aliphatic heterocycles. The van der Waals surface area contributed by atoms with Gasteiger partial charge in [0.1, 0.15) is 0 Å². The summed E-state index contributed by atoms with van der Waals surface area (Å²) in [6.45, 7) is 4.27. The first kappa shape index (κ1) is 22.0. The number of hydrogen-bond acceptors (Lipinski definition) is 2. The van der Waals surface area contributed by atoms with Crippen LogP contribution in [0.5, 0.6) is 0 Å². The number of nitrogens with zero attached hydrogens (tertiary/aromatic N) is 1. The van der Waals surface area contributed by atoms with Crippen molar-refractivity contribution in [2.24, 2.45) is 10.7 Å². The van der Waals surface area contributed by atoms with Gasteiger partial charge in [0.2, 0.25) is 5.91 Å². The van der Waals surface area contributed by atoms with Crippen LogP contribution in [0.3, 0.4) is 0 Å². The second-order valence-electron chi connectivity index (χ2n) is 5.77. The van der Waals surface area contributed by atoms with Crippen molar-refractivity contribution in [2.75, 3.05) is 13.1 Å². The Labute approximate surface area is 172 Å². The molecule has 0 unspecified atom stereocenters. The molecule has 26 heavy (non-hydrogen) atoms. The van der Waals surface area contributed by atoms with Crippen LogP contribution in [0.1, 0.15) is 34.8 Å². The van der Waals surface area contributed by atoms with E-state index in [2.05, 4.69) is 39.9 Å². The number of halogens is 1. The van der Waals surface area contributed by atoms with Crippen molar-refractivity contribution in [1.29, 1.82) is 0 Å². The Morgan fingerprint density at radius 1 is 1.00 bits per heavy atom. The van der Waals surface area contributed by atoms with Crippen LogP contribution in [-0.4, -0.2) is 25.0 Å². The summed E-state index contributed by atoms with van der Waals surface area (Å²) in [5.41, 5.74) is 8.14. The fraction of sp³-hybridized carbons (Fsp3) is 0.300. The standard InChI is InChI=1S/C20H26N4O.HI/c1-2-22-20(23-14-6-9-16-7-4-3-5-8-16)24-15-17-10-12-18(13-11-17)19(21)25;/h3-5,7-8,10-13H,2,6,9,14-15H2,1H3,(H2,21,25)(H2,22,23,24);1H. The molecule has 0 fully saturated rings. The molecule has 2 aromatic carbocycles. The van der Waals surface area contributed by atoms with E-state index in [4.69, 9.17) is 5.73 Å². The first-order chi connectivity index (χ1) is 12.2. The Bertz CT molecular complexity index is 687. The quantitative estimate of drug-likeness (QED) is 0.242. The summed E-state index contributed by atoms with van der Waals surface area (Å²) < 4.78 is 0. The largest absolute Gasteiger partial charge is 0.366 e. The molecule has 0 bridgehead atoms. The van der Waals surface area contributed by atoms with Crippen molar-refractivity contribution in [3.05, 3.63) is 71.3 Å². The molecule has 0 aliphatic rings. The highest BCUT2D eigenvalue weighted by molar-refractivity contribution is 14.0. The minimum Gasteiger partial charge on any atom is -0.366 e. The Hall–Kier alpha value is -2.09. The van der Waals surface area contributed by atoms with Gasteiger partial charge in [0.15, 0.2) is 5.96 Å². The van der Waals surface area contributed by atoms with E-state index < -0.39 is 5.91 Å². The summed E-state index contributed by atoms with van der Waals surface area (Å²) in [6.07, 6.45) is 2.09. The van der Waals surface area contributed by atoms with Gasteiger partial charge in [0.25, 0.3) is 0 Å². The number of nitrogens with two attached hydrogens (primary N) is 1. The van der Waals surface area contributed by atoms with Gasteiger partial charge >= 0.3 is 0 Å². The maximum Gasteiger partial charge on any atom is 0.248 e. The number of hydrogen-bond donors (Lipinski definition) is 3. The fourth-order valence-corrected chi connectivity index (χ4v) is 2.43. The number of benzene rings is 2. The van der Waals surface area contributed by atoms with Crippen LogP contribution in [0.2, 0.25) is 0 Å². The maximum atomic E-state index is 11.1. The molecule has 5 nitrogen and oxygen atoms in total. The third kappa shape index (κ3) is 7.86. The molecule has 1 amide bonds. The fourth-order valence-electron chi connectivity index (χ4n) is 2.43. The van der Waals surface area contributed by atoms with Crippen LogP contribution >= 0.6 is 24.0 Å².